The van der Waals surface area contributed by atoms with Crippen LogP contribution in [0, 0.1) is 25.2 Å². The highest BCUT2D eigenvalue weighted by molar-refractivity contribution is 6.10. The Balaban J connectivity index is 1.97. The number of nitrogens with one attached hydrogen (secondary N) is 1. The van der Waals surface area contributed by atoms with Crippen molar-refractivity contribution in [1.82, 2.24) is 4.57 Å². The zero-order valence-corrected chi connectivity index (χ0v) is 17.6. The molecule has 1 heterocycles. The number of para-hydroxylation sites is 2. The molecule has 32 heavy (non-hydrogen) atoms. The molecule has 0 bridgehead atoms. The number of alkyl halides is 3. The van der Waals surface area contributed by atoms with Crippen LogP contribution >= 0.6 is 0 Å². The zero-order chi connectivity index (χ0) is 23.5. The molecular formula is C24H20F3N3O2. The van der Waals surface area contributed by atoms with E-state index in [9.17, 15) is 23.2 Å². The molecule has 5 nitrogen and oxygen atoms in total. The van der Waals surface area contributed by atoms with Crippen LogP contribution in [0.4, 0.5) is 18.9 Å². The van der Waals surface area contributed by atoms with Crippen LogP contribution in [0.5, 0.6) is 5.75 Å². The van der Waals surface area contributed by atoms with Crippen molar-refractivity contribution in [3.63, 3.8) is 0 Å². The number of carbonyl (C=O) groups excluding carboxylic acids is 1. The molecule has 0 aliphatic carbocycles. The van der Waals surface area contributed by atoms with E-state index < -0.39 is 17.6 Å². The Hall–Kier alpha value is -3.99. The largest absolute Gasteiger partial charge is 0.495 e. The minimum atomic E-state index is -4.46. The summed E-state index contributed by atoms with van der Waals surface area (Å²) in [5, 5.41) is 12.2. The number of nitrogens with zero attached hydrogens (tertiary/aromatic N) is 2. The molecule has 164 valence electrons. The Morgan fingerprint density at radius 1 is 1.12 bits per heavy atom. The van der Waals surface area contributed by atoms with Gasteiger partial charge in [0.05, 0.1) is 18.4 Å². The van der Waals surface area contributed by atoms with Gasteiger partial charge in [-0.05, 0) is 61.9 Å². The molecule has 0 spiro atoms. The third kappa shape index (κ3) is 4.67. The first-order valence-electron chi connectivity index (χ1n) is 9.58. The first kappa shape index (κ1) is 22.7. The Bertz CT molecular complexity index is 1230. The van der Waals surface area contributed by atoms with E-state index in [4.69, 9.17) is 4.74 Å². The normalized spacial score (nSPS) is 11.7. The van der Waals surface area contributed by atoms with Crippen LogP contribution in [-0.2, 0) is 11.0 Å². The first-order valence-corrected chi connectivity index (χ1v) is 9.58. The highest BCUT2D eigenvalue weighted by atomic mass is 19.4. The Morgan fingerprint density at radius 2 is 1.84 bits per heavy atom. The number of halogens is 3. The Kier molecular flexibility index (Phi) is 6.40. The average molecular weight is 439 g/mol. The van der Waals surface area contributed by atoms with Crippen LogP contribution in [0.1, 0.15) is 22.5 Å². The summed E-state index contributed by atoms with van der Waals surface area (Å²) in [6, 6.07) is 15.4. The van der Waals surface area contributed by atoms with Crippen LogP contribution < -0.4 is 10.1 Å². The van der Waals surface area contributed by atoms with Crippen molar-refractivity contribution in [3.8, 4) is 17.5 Å². The number of benzene rings is 2. The van der Waals surface area contributed by atoms with Gasteiger partial charge in [-0.1, -0.05) is 18.2 Å². The lowest BCUT2D eigenvalue weighted by Gasteiger charge is -2.13. The molecule has 0 fully saturated rings. The summed E-state index contributed by atoms with van der Waals surface area (Å²) in [4.78, 5) is 12.7. The molecule has 0 radical (unpaired) electrons. The van der Waals surface area contributed by atoms with Gasteiger partial charge < -0.3 is 14.6 Å². The van der Waals surface area contributed by atoms with Gasteiger partial charge in [0.15, 0.2) is 0 Å². The predicted molar refractivity (Wildman–Crippen MR) is 115 cm³/mol. The summed E-state index contributed by atoms with van der Waals surface area (Å²) < 4.78 is 46.2. The van der Waals surface area contributed by atoms with Crippen molar-refractivity contribution >= 4 is 17.7 Å². The maximum Gasteiger partial charge on any atom is 0.416 e. The van der Waals surface area contributed by atoms with E-state index in [2.05, 4.69) is 5.32 Å². The van der Waals surface area contributed by atoms with Crippen LogP contribution in [-0.4, -0.2) is 17.6 Å². The van der Waals surface area contributed by atoms with E-state index in [1.807, 2.05) is 6.07 Å². The summed E-state index contributed by atoms with van der Waals surface area (Å²) in [6.45, 7) is 3.46. The van der Waals surface area contributed by atoms with E-state index >= 15 is 0 Å². The van der Waals surface area contributed by atoms with Crippen molar-refractivity contribution in [2.45, 2.75) is 20.0 Å². The second-order valence-corrected chi connectivity index (χ2v) is 7.03. The molecule has 0 saturated heterocycles. The third-order valence-corrected chi connectivity index (χ3v) is 4.92. The standard InChI is InChI=1S/C24H20F3N3O2/c1-15-11-17(16(2)30(15)20-8-6-7-19(13-20)24(25,26)27)12-18(14-28)23(31)29-21-9-4-5-10-22(21)32-3/h4-13H,1-3H3,(H,29,31)/b18-12+. The Morgan fingerprint density at radius 3 is 2.50 bits per heavy atom. The van der Waals surface area contributed by atoms with Crippen LogP contribution in [0.3, 0.4) is 0 Å². The number of nitriles is 1. The van der Waals surface area contributed by atoms with Gasteiger partial charge in [-0.25, -0.2) is 0 Å². The van der Waals surface area contributed by atoms with Gasteiger partial charge in [0.2, 0.25) is 0 Å². The first-order chi connectivity index (χ1) is 15.2. The van der Waals surface area contributed by atoms with Gasteiger partial charge in [0, 0.05) is 17.1 Å². The van der Waals surface area contributed by atoms with Gasteiger partial charge in [0.1, 0.15) is 17.4 Å². The molecule has 3 aromatic rings. The second kappa shape index (κ2) is 9.02. The monoisotopic (exact) mass is 439 g/mol. The van der Waals surface area contributed by atoms with E-state index in [0.29, 0.717) is 34.1 Å². The van der Waals surface area contributed by atoms with Crippen LogP contribution in [0.15, 0.2) is 60.2 Å². The molecule has 0 unspecified atom stereocenters. The van der Waals surface area contributed by atoms with Crippen LogP contribution in [0.25, 0.3) is 11.8 Å². The second-order valence-electron chi connectivity index (χ2n) is 7.03. The number of anilines is 1. The maximum atomic E-state index is 13.1. The quantitative estimate of drug-likeness (QED) is 0.412. The highest BCUT2D eigenvalue weighted by Gasteiger charge is 2.30. The molecule has 0 aliphatic rings. The van der Waals surface area contributed by atoms with Crippen molar-refractivity contribution in [3.05, 3.63) is 82.7 Å². The Labute approximate surface area is 183 Å². The van der Waals surface area contributed by atoms with E-state index in [1.165, 1.54) is 19.3 Å². The number of aryl methyl sites for hydroxylation is 1. The lowest BCUT2D eigenvalue weighted by molar-refractivity contribution is -0.137. The number of amides is 1. The molecule has 8 heteroatoms. The highest BCUT2D eigenvalue weighted by Crippen LogP contribution is 2.32. The zero-order valence-electron chi connectivity index (χ0n) is 17.6. The molecule has 1 aromatic heterocycles. The molecule has 2 aromatic carbocycles. The van der Waals surface area contributed by atoms with Gasteiger partial charge in [-0.3, -0.25) is 4.79 Å². The van der Waals surface area contributed by atoms with Gasteiger partial charge in [-0.2, -0.15) is 18.4 Å². The van der Waals surface area contributed by atoms with E-state index in [0.717, 1.165) is 12.1 Å². The fraction of sp³-hybridized carbons (Fsp3) is 0.167. The third-order valence-electron chi connectivity index (χ3n) is 4.92. The molecule has 1 N–H and O–H groups in total. The summed E-state index contributed by atoms with van der Waals surface area (Å²) in [5.41, 5.74) is 1.65. The summed E-state index contributed by atoms with van der Waals surface area (Å²) in [6.07, 6.45) is -3.05. The lowest BCUT2D eigenvalue weighted by Crippen LogP contribution is -2.14. The average Bonchev–Trinajstić information content (AvgIpc) is 3.04. The molecule has 0 aliphatic heterocycles. The minimum absolute atomic E-state index is 0.153. The molecule has 0 atom stereocenters. The van der Waals surface area contributed by atoms with Gasteiger partial charge in [0.25, 0.3) is 5.91 Å². The fourth-order valence-corrected chi connectivity index (χ4v) is 3.39. The van der Waals surface area contributed by atoms with Crippen molar-refractivity contribution in [2.24, 2.45) is 0 Å². The number of methoxy groups -OCH3 is 1. The van der Waals surface area contributed by atoms with Crippen LogP contribution in [0.2, 0.25) is 0 Å². The minimum Gasteiger partial charge on any atom is -0.495 e. The van der Waals surface area contributed by atoms with Crippen molar-refractivity contribution in [1.29, 1.82) is 5.26 Å². The molecule has 0 saturated carbocycles. The van der Waals surface area contributed by atoms with E-state index in [-0.39, 0.29) is 5.57 Å². The number of hydrogen-bond acceptors (Lipinski definition) is 3. The summed E-state index contributed by atoms with van der Waals surface area (Å²) >= 11 is 0. The van der Waals surface area contributed by atoms with Crippen molar-refractivity contribution < 1.29 is 22.7 Å². The SMILES string of the molecule is COc1ccccc1NC(=O)/C(C#N)=C/c1cc(C)n(-c2cccc(C(F)(F)F)c2)c1C. The summed E-state index contributed by atoms with van der Waals surface area (Å²) in [7, 11) is 1.47. The number of rotatable bonds is 5. The number of hydrogen-bond donors (Lipinski definition) is 1. The maximum absolute atomic E-state index is 13.1. The van der Waals surface area contributed by atoms with Gasteiger partial charge >= 0.3 is 6.18 Å². The molecular weight excluding hydrogens is 419 g/mol. The van der Waals surface area contributed by atoms with E-state index in [1.54, 1.807) is 54.8 Å². The number of aromatic nitrogens is 1. The lowest BCUT2D eigenvalue weighted by atomic mass is 10.1. The van der Waals surface area contributed by atoms with Gasteiger partial charge in [-0.15, -0.1) is 0 Å². The smallest absolute Gasteiger partial charge is 0.416 e. The molecule has 1 amide bonds. The predicted octanol–water partition coefficient (Wildman–Crippen LogP) is 5.67. The topological polar surface area (TPSA) is 67.0 Å². The molecule has 3 rings (SSSR count). The fourth-order valence-electron chi connectivity index (χ4n) is 3.39. The number of ether oxygens (including phenoxy) is 1. The van der Waals surface area contributed by atoms with Crippen molar-refractivity contribution in [2.75, 3.05) is 12.4 Å². The number of carbonyl (C=O) groups is 1. The summed E-state index contributed by atoms with van der Waals surface area (Å²) in [5.74, 6) is -0.179.